The summed E-state index contributed by atoms with van der Waals surface area (Å²) in [5, 5.41) is 0.916. The van der Waals surface area contributed by atoms with Gasteiger partial charge in [0.2, 0.25) is 0 Å². The quantitative estimate of drug-likeness (QED) is 0.374. The molecule has 1 saturated heterocycles. The van der Waals surface area contributed by atoms with E-state index in [-0.39, 0.29) is 11.9 Å². The lowest BCUT2D eigenvalue weighted by Gasteiger charge is -2.31. The van der Waals surface area contributed by atoms with Crippen molar-refractivity contribution in [3.8, 4) is 11.5 Å². The standard InChI is InChI=1S/C30H36N2O3S/c1-34-26-18-17-23(19-27(26)35-21-22-11-5-2-6-12-22)20-28-29(33)32(25-15-9-4-10-16-25)30(36-28)31-24-13-7-3-8-14-24/h2,5-6,11-12,17-20,24-25H,3-4,7-10,13-16,21H2,1H3. The molecule has 0 unspecified atom stereocenters. The van der Waals surface area contributed by atoms with E-state index in [1.165, 1.54) is 38.5 Å². The number of methoxy groups -OCH3 is 1. The zero-order valence-electron chi connectivity index (χ0n) is 21.2. The largest absolute Gasteiger partial charge is 0.493 e. The fraction of sp³-hybridized carbons (Fsp3) is 0.467. The van der Waals surface area contributed by atoms with Crippen LogP contribution in [0, 0.1) is 0 Å². The summed E-state index contributed by atoms with van der Waals surface area (Å²) >= 11 is 1.55. The van der Waals surface area contributed by atoms with Crippen molar-refractivity contribution in [2.45, 2.75) is 82.9 Å². The van der Waals surface area contributed by atoms with E-state index < -0.39 is 0 Å². The summed E-state index contributed by atoms with van der Waals surface area (Å²) in [6.45, 7) is 0.457. The third kappa shape index (κ3) is 5.97. The maximum absolute atomic E-state index is 13.7. The second-order valence-corrected chi connectivity index (χ2v) is 11.0. The Labute approximate surface area is 219 Å². The highest BCUT2D eigenvalue weighted by atomic mass is 32.2. The van der Waals surface area contributed by atoms with Gasteiger partial charge in [0.05, 0.1) is 18.1 Å². The minimum absolute atomic E-state index is 0.101. The Balaban J connectivity index is 1.39. The van der Waals surface area contributed by atoms with E-state index in [0.29, 0.717) is 24.1 Å². The van der Waals surface area contributed by atoms with Crippen LogP contribution in [-0.2, 0) is 11.4 Å². The molecule has 1 heterocycles. The van der Waals surface area contributed by atoms with Gasteiger partial charge in [-0.3, -0.25) is 14.7 Å². The number of nitrogens with zero attached hydrogens (tertiary/aromatic N) is 2. The zero-order valence-corrected chi connectivity index (χ0v) is 22.0. The van der Waals surface area contributed by atoms with Gasteiger partial charge in [-0.25, -0.2) is 0 Å². The van der Waals surface area contributed by atoms with Gasteiger partial charge in [0.15, 0.2) is 16.7 Å². The van der Waals surface area contributed by atoms with Crippen molar-refractivity contribution in [2.75, 3.05) is 7.11 Å². The van der Waals surface area contributed by atoms with Crippen LogP contribution in [0.1, 0.15) is 75.3 Å². The van der Waals surface area contributed by atoms with Gasteiger partial charge < -0.3 is 9.47 Å². The number of thioether (sulfide) groups is 1. The summed E-state index contributed by atoms with van der Waals surface area (Å²) in [6, 6.07) is 16.6. The number of carbonyl (C=O) groups excluding carboxylic acids is 1. The highest BCUT2D eigenvalue weighted by molar-refractivity contribution is 8.18. The maximum atomic E-state index is 13.7. The van der Waals surface area contributed by atoms with Crippen LogP contribution >= 0.6 is 11.8 Å². The summed E-state index contributed by atoms with van der Waals surface area (Å²) in [5.74, 6) is 1.46. The predicted octanol–water partition coefficient (Wildman–Crippen LogP) is 7.21. The number of ether oxygens (including phenoxy) is 2. The van der Waals surface area contributed by atoms with Crippen molar-refractivity contribution in [3.63, 3.8) is 0 Å². The van der Waals surface area contributed by atoms with Gasteiger partial charge in [0, 0.05) is 6.04 Å². The fourth-order valence-corrected chi connectivity index (χ4v) is 6.50. The Bertz CT molecular complexity index is 1100. The van der Waals surface area contributed by atoms with Crippen molar-refractivity contribution < 1.29 is 14.3 Å². The topological polar surface area (TPSA) is 51.1 Å². The number of carbonyl (C=O) groups is 1. The number of hydrogen-bond acceptors (Lipinski definition) is 5. The van der Waals surface area contributed by atoms with Gasteiger partial charge in [-0.2, -0.15) is 0 Å². The van der Waals surface area contributed by atoms with Crippen LogP contribution in [0.5, 0.6) is 11.5 Å². The maximum Gasteiger partial charge on any atom is 0.266 e. The molecule has 2 aliphatic carbocycles. The number of amides is 1. The first-order valence-corrected chi connectivity index (χ1v) is 14.2. The lowest BCUT2D eigenvalue weighted by molar-refractivity contribution is -0.124. The monoisotopic (exact) mass is 504 g/mol. The predicted molar refractivity (Wildman–Crippen MR) is 147 cm³/mol. The lowest BCUT2D eigenvalue weighted by Crippen LogP contribution is -2.41. The Hall–Kier alpha value is -2.73. The Morgan fingerprint density at radius 2 is 1.67 bits per heavy atom. The summed E-state index contributed by atoms with van der Waals surface area (Å²) in [7, 11) is 1.65. The molecule has 0 atom stereocenters. The minimum Gasteiger partial charge on any atom is -0.493 e. The molecule has 2 aromatic carbocycles. The van der Waals surface area contributed by atoms with Gasteiger partial charge in [-0.05, 0) is 66.8 Å². The highest BCUT2D eigenvalue weighted by Gasteiger charge is 2.39. The van der Waals surface area contributed by atoms with Crippen LogP contribution in [0.3, 0.4) is 0 Å². The Morgan fingerprint density at radius 1 is 0.944 bits per heavy atom. The van der Waals surface area contributed by atoms with Crippen molar-refractivity contribution in [2.24, 2.45) is 4.99 Å². The highest BCUT2D eigenvalue weighted by Crippen LogP contribution is 2.39. The second kappa shape index (κ2) is 12.0. The first kappa shape index (κ1) is 24.9. The first-order valence-electron chi connectivity index (χ1n) is 13.4. The lowest BCUT2D eigenvalue weighted by atomic mass is 9.94. The average Bonchev–Trinajstić information content (AvgIpc) is 3.23. The van der Waals surface area contributed by atoms with E-state index in [9.17, 15) is 4.79 Å². The van der Waals surface area contributed by atoms with E-state index in [0.717, 1.165) is 46.9 Å². The van der Waals surface area contributed by atoms with Gasteiger partial charge in [-0.15, -0.1) is 0 Å². The fourth-order valence-electron chi connectivity index (χ4n) is 5.39. The molecule has 6 heteroatoms. The molecule has 1 aliphatic heterocycles. The number of aliphatic imine (C=N–C) groups is 1. The van der Waals surface area contributed by atoms with Gasteiger partial charge >= 0.3 is 0 Å². The van der Waals surface area contributed by atoms with Crippen LogP contribution in [0.4, 0.5) is 0 Å². The number of rotatable bonds is 7. The van der Waals surface area contributed by atoms with E-state index in [1.54, 1.807) is 18.9 Å². The molecular weight excluding hydrogens is 468 g/mol. The third-order valence-electron chi connectivity index (χ3n) is 7.37. The molecule has 0 radical (unpaired) electrons. The molecule has 5 rings (SSSR count). The molecule has 3 aliphatic rings. The second-order valence-electron chi connectivity index (χ2n) is 9.97. The first-order chi connectivity index (χ1) is 17.7. The van der Waals surface area contributed by atoms with Crippen molar-refractivity contribution in [1.82, 2.24) is 4.90 Å². The van der Waals surface area contributed by atoms with Gasteiger partial charge in [0.25, 0.3) is 5.91 Å². The summed E-state index contributed by atoms with van der Waals surface area (Å²) in [6.07, 6.45) is 13.8. The van der Waals surface area contributed by atoms with Gasteiger partial charge in [-0.1, -0.05) is 74.9 Å². The smallest absolute Gasteiger partial charge is 0.266 e. The molecule has 0 aromatic heterocycles. The SMILES string of the molecule is COc1ccc(C=C2SC(=NC3CCCCC3)N(C3CCCCC3)C2=O)cc1OCc1ccccc1. The van der Waals surface area contributed by atoms with Crippen molar-refractivity contribution >= 4 is 28.9 Å². The molecular formula is C30H36N2O3S. The number of amidine groups is 1. The molecule has 3 fully saturated rings. The molecule has 5 nitrogen and oxygen atoms in total. The third-order valence-corrected chi connectivity index (χ3v) is 8.36. The van der Waals surface area contributed by atoms with Crippen LogP contribution in [0.15, 0.2) is 58.4 Å². The van der Waals surface area contributed by atoms with Crippen LogP contribution in [-0.4, -0.2) is 35.2 Å². The molecule has 0 spiro atoms. The molecule has 2 saturated carbocycles. The van der Waals surface area contributed by atoms with E-state index in [4.69, 9.17) is 14.5 Å². The zero-order chi connectivity index (χ0) is 24.7. The van der Waals surface area contributed by atoms with Crippen LogP contribution < -0.4 is 9.47 Å². The molecule has 2 aromatic rings. The summed E-state index contributed by atoms with van der Waals surface area (Å²) in [5.41, 5.74) is 2.02. The average molecular weight is 505 g/mol. The number of hydrogen-bond donors (Lipinski definition) is 0. The van der Waals surface area contributed by atoms with E-state index >= 15 is 0 Å². The summed E-state index contributed by atoms with van der Waals surface area (Å²) < 4.78 is 11.6. The molecule has 190 valence electrons. The van der Waals surface area contributed by atoms with Gasteiger partial charge in [0.1, 0.15) is 6.61 Å². The van der Waals surface area contributed by atoms with Crippen molar-refractivity contribution in [3.05, 3.63) is 64.6 Å². The normalized spacial score (nSPS) is 21.9. The van der Waals surface area contributed by atoms with Crippen molar-refractivity contribution in [1.29, 1.82) is 0 Å². The molecule has 0 bridgehead atoms. The Morgan fingerprint density at radius 3 is 2.39 bits per heavy atom. The van der Waals surface area contributed by atoms with Crippen LogP contribution in [0.25, 0.3) is 6.08 Å². The Kier molecular flexibility index (Phi) is 8.32. The molecule has 1 amide bonds. The number of benzene rings is 2. The molecule has 0 N–H and O–H groups in total. The van der Waals surface area contributed by atoms with E-state index in [2.05, 4.69) is 0 Å². The van der Waals surface area contributed by atoms with Crippen LogP contribution in [0.2, 0.25) is 0 Å². The minimum atomic E-state index is 0.101. The summed E-state index contributed by atoms with van der Waals surface area (Å²) in [4.78, 5) is 21.6. The molecule has 36 heavy (non-hydrogen) atoms. The van der Waals surface area contributed by atoms with E-state index in [1.807, 2.05) is 59.5 Å².